The number of carbonyl (C=O) groups is 1. The molecule has 0 atom stereocenters. The number of nitrogens with one attached hydrogen (secondary N) is 1. The number of amides is 1. The van der Waals surface area contributed by atoms with Gasteiger partial charge in [-0.25, -0.2) is 4.98 Å². The second kappa shape index (κ2) is 8.65. The minimum absolute atomic E-state index is 0.0790. The molecule has 0 spiro atoms. The first-order chi connectivity index (χ1) is 14.5. The molecule has 0 radical (unpaired) electrons. The Balaban J connectivity index is 1.59. The summed E-state index contributed by atoms with van der Waals surface area (Å²) in [5.74, 6) is -0.0790. The van der Waals surface area contributed by atoms with Gasteiger partial charge in [0.1, 0.15) is 0 Å². The molecule has 4 aromatic rings. The van der Waals surface area contributed by atoms with Crippen LogP contribution >= 0.6 is 11.6 Å². The molecule has 0 aliphatic heterocycles. The molecule has 0 bridgehead atoms. The van der Waals surface area contributed by atoms with E-state index in [1.54, 1.807) is 6.20 Å². The van der Waals surface area contributed by atoms with Crippen LogP contribution < -0.4 is 5.32 Å². The van der Waals surface area contributed by atoms with E-state index >= 15 is 0 Å². The first-order valence-corrected chi connectivity index (χ1v) is 10.0. The molecule has 0 aliphatic rings. The van der Waals surface area contributed by atoms with Crippen molar-refractivity contribution in [2.75, 3.05) is 27.2 Å². The van der Waals surface area contributed by atoms with Crippen LogP contribution in [0.2, 0.25) is 5.02 Å². The predicted molar refractivity (Wildman–Crippen MR) is 120 cm³/mol. The van der Waals surface area contributed by atoms with Gasteiger partial charge in [-0.2, -0.15) is 0 Å². The van der Waals surface area contributed by atoms with Crippen molar-refractivity contribution in [1.29, 1.82) is 0 Å². The zero-order valence-electron chi connectivity index (χ0n) is 16.8. The zero-order valence-corrected chi connectivity index (χ0v) is 17.6. The van der Waals surface area contributed by atoms with Crippen LogP contribution in [-0.2, 0) is 0 Å². The maximum atomic E-state index is 12.3. The number of rotatable bonds is 6. The summed E-state index contributed by atoms with van der Waals surface area (Å²) in [6.07, 6.45) is 5.50. The Morgan fingerprint density at radius 2 is 1.87 bits per heavy atom. The van der Waals surface area contributed by atoms with Crippen molar-refractivity contribution in [3.05, 3.63) is 77.7 Å². The molecule has 0 saturated heterocycles. The molecular formula is C23H22ClN5O. The van der Waals surface area contributed by atoms with Gasteiger partial charge in [0.2, 0.25) is 0 Å². The Kier molecular flexibility index (Phi) is 5.79. The van der Waals surface area contributed by atoms with E-state index < -0.39 is 0 Å². The molecule has 4 rings (SSSR count). The van der Waals surface area contributed by atoms with Crippen molar-refractivity contribution in [2.24, 2.45) is 0 Å². The van der Waals surface area contributed by atoms with Gasteiger partial charge in [-0.3, -0.25) is 14.2 Å². The van der Waals surface area contributed by atoms with Crippen molar-refractivity contribution < 1.29 is 4.79 Å². The largest absolute Gasteiger partial charge is 0.351 e. The van der Waals surface area contributed by atoms with Gasteiger partial charge < -0.3 is 10.2 Å². The van der Waals surface area contributed by atoms with Gasteiger partial charge in [-0.1, -0.05) is 35.9 Å². The molecule has 30 heavy (non-hydrogen) atoms. The molecule has 2 aromatic heterocycles. The smallest absolute Gasteiger partial charge is 0.251 e. The highest BCUT2D eigenvalue weighted by Crippen LogP contribution is 2.25. The van der Waals surface area contributed by atoms with Crippen LogP contribution in [0.5, 0.6) is 0 Å². The number of carbonyl (C=O) groups excluding carboxylic acids is 1. The number of hydrogen-bond donors (Lipinski definition) is 1. The normalized spacial score (nSPS) is 11.2. The fourth-order valence-electron chi connectivity index (χ4n) is 3.19. The summed E-state index contributed by atoms with van der Waals surface area (Å²) in [5.41, 5.74) is 5.02. The molecule has 0 saturated carbocycles. The van der Waals surface area contributed by atoms with Crippen LogP contribution in [0.1, 0.15) is 10.4 Å². The molecule has 7 heteroatoms. The number of fused-ring (bicyclic) bond motifs is 1. The minimum atomic E-state index is -0.0790. The average molecular weight is 420 g/mol. The number of nitrogens with zero attached hydrogens (tertiary/aromatic N) is 4. The standard InChI is InChI=1S/C23H22ClN5O/c1-28(2)11-10-25-23(30)17-8-6-16(7-9-17)20-15-29-21(13-27-22(29)14-26-20)18-4-3-5-19(24)12-18/h3-9,12-15H,10-11H2,1-2H3,(H,25,30). The van der Waals surface area contributed by atoms with Gasteiger partial charge >= 0.3 is 0 Å². The summed E-state index contributed by atoms with van der Waals surface area (Å²) in [6, 6.07) is 15.1. The highest BCUT2D eigenvalue weighted by atomic mass is 35.5. The lowest BCUT2D eigenvalue weighted by Crippen LogP contribution is -2.31. The van der Waals surface area contributed by atoms with Crippen LogP contribution in [0, 0.1) is 0 Å². The van der Waals surface area contributed by atoms with E-state index in [1.165, 1.54) is 0 Å². The van der Waals surface area contributed by atoms with E-state index in [1.807, 2.05) is 84.3 Å². The third kappa shape index (κ3) is 4.35. The van der Waals surface area contributed by atoms with Gasteiger partial charge in [-0.05, 0) is 38.4 Å². The van der Waals surface area contributed by atoms with Crippen LogP contribution in [0.3, 0.4) is 0 Å². The lowest BCUT2D eigenvalue weighted by Gasteiger charge is -2.10. The summed E-state index contributed by atoms with van der Waals surface area (Å²) in [7, 11) is 3.95. The van der Waals surface area contributed by atoms with Gasteiger partial charge in [0, 0.05) is 41.0 Å². The highest BCUT2D eigenvalue weighted by molar-refractivity contribution is 6.30. The number of likely N-dealkylation sites (N-methyl/N-ethyl adjacent to an activating group) is 1. The molecule has 1 amide bonds. The number of halogens is 1. The fourth-order valence-corrected chi connectivity index (χ4v) is 3.38. The van der Waals surface area contributed by atoms with E-state index in [9.17, 15) is 4.79 Å². The monoisotopic (exact) mass is 419 g/mol. The number of hydrogen-bond acceptors (Lipinski definition) is 4. The van der Waals surface area contributed by atoms with Gasteiger partial charge in [-0.15, -0.1) is 0 Å². The first kappa shape index (κ1) is 20.1. The molecule has 6 nitrogen and oxygen atoms in total. The first-order valence-electron chi connectivity index (χ1n) is 9.64. The van der Waals surface area contributed by atoms with E-state index in [0.717, 1.165) is 34.7 Å². The number of aromatic nitrogens is 3. The third-order valence-electron chi connectivity index (χ3n) is 4.80. The van der Waals surface area contributed by atoms with Crippen molar-refractivity contribution in [2.45, 2.75) is 0 Å². The zero-order chi connectivity index (χ0) is 21.1. The summed E-state index contributed by atoms with van der Waals surface area (Å²) in [4.78, 5) is 23.3. The van der Waals surface area contributed by atoms with Crippen molar-refractivity contribution in [3.8, 4) is 22.5 Å². The average Bonchev–Trinajstić information content (AvgIpc) is 3.17. The molecule has 0 aliphatic carbocycles. The molecule has 2 aromatic carbocycles. The summed E-state index contributed by atoms with van der Waals surface area (Å²) in [6.45, 7) is 1.41. The van der Waals surface area contributed by atoms with E-state index in [2.05, 4.69) is 15.3 Å². The van der Waals surface area contributed by atoms with Crippen LogP contribution in [-0.4, -0.2) is 52.4 Å². The molecule has 1 N–H and O–H groups in total. The molecule has 0 unspecified atom stereocenters. The van der Waals surface area contributed by atoms with E-state index in [0.29, 0.717) is 17.1 Å². The quantitative estimate of drug-likeness (QED) is 0.513. The van der Waals surface area contributed by atoms with E-state index in [-0.39, 0.29) is 5.91 Å². The van der Waals surface area contributed by atoms with Crippen molar-refractivity contribution in [1.82, 2.24) is 24.6 Å². The maximum absolute atomic E-state index is 12.3. The molecule has 2 heterocycles. The van der Waals surface area contributed by atoms with Crippen molar-refractivity contribution >= 4 is 23.2 Å². The van der Waals surface area contributed by atoms with Gasteiger partial charge in [0.05, 0.1) is 23.8 Å². The van der Waals surface area contributed by atoms with Gasteiger partial charge in [0.25, 0.3) is 5.91 Å². The summed E-state index contributed by atoms with van der Waals surface area (Å²) >= 11 is 6.15. The lowest BCUT2D eigenvalue weighted by molar-refractivity contribution is 0.0951. The van der Waals surface area contributed by atoms with Crippen LogP contribution in [0.4, 0.5) is 0 Å². The third-order valence-corrected chi connectivity index (χ3v) is 5.04. The van der Waals surface area contributed by atoms with E-state index in [4.69, 9.17) is 11.6 Å². The molecule has 152 valence electrons. The number of benzene rings is 2. The van der Waals surface area contributed by atoms with Crippen LogP contribution in [0.25, 0.3) is 28.2 Å². The lowest BCUT2D eigenvalue weighted by atomic mass is 10.1. The Labute approximate surface area is 180 Å². The second-order valence-corrected chi connectivity index (χ2v) is 7.73. The second-order valence-electron chi connectivity index (χ2n) is 7.29. The number of imidazole rings is 1. The maximum Gasteiger partial charge on any atom is 0.251 e. The van der Waals surface area contributed by atoms with Crippen molar-refractivity contribution in [3.63, 3.8) is 0 Å². The Hall–Kier alpha value is -3.22. The Morgan fingerprint density at radius 1 is 1.07 bits per heavy atom. The Morgan fingerprint density at radius 3 is 2.60 bits per heavy atom. The predicted octanol–water partition coefficient (Wildman–Crippen LogP) is 4.01. The summed E-state index contributed by atoms with van der Waals surface area (Å²) < 4.78 is 2.00. The SMILES string of the molecule is CN(C)CCNC(=O)c1ccc(-c2cn3c(-c4cccc(Cl)c4)cnc3cn2)cc1. The van der Waals surface area contributed by atoms with Gasteiger partial charge in [0.15, 0.2) is 5.65 Å². The minimum Gasteiger partial charge on any atom is -0.351 e. The molecule has 0 fully saturated rings. The Bertz CT molecular complexity index is 1180. The highest BCUT2D eigenvalue weighted by Gasteiger charge is 2.10. The molecular weight excluding hydrogens is 398 g/mol. The summed E-state index contributed by atoms with van der Waals surface area (Å²) in [5, 5.41) is 3.60. The topological polar surface area (TPSA) is 62.5 Å². The fraction of sp³-hybridized carbons (Fsp3) is 0.174. The van der Waals surface area contributed by atoms with Crippen LogP contribution in [0.15, 0.2) is 67.1 Å².